The highest BCUT2D eigenvalue weighted by Gasteiger charge is 2.11. The van der Waals surface area contributed by atoms with Gasteiger partial charge in [0.05, 0.1) is 0 Å². The molecule has 0 spiro atoms. The first-order valence-corrected chi connectivity index (χ1v) is 7.51. The van der Waals surface area contributed by atoms with Crippen LogP contribution in [0.2, 0.25) is 0 Å². The van der Waals surface area contributed by atoms with Gasteiger partial charge in [-0.3, -0.25) is 0 Å². The molecule has 0 aliphatic heterocycles. The Balaban J connectivity index is 2.41. The highest BCUT2D eigenvalue weighted by atomic mass is 16.5. The number of hydrogen-bond acceptors (Lipinski definition) is 2. The average Bonchev–Trinajstić information content (AvgIpc) is 2.42. The lowest BCUT2D eigenvalue weighted by atomic mass is 9.93. The van der Waals surface area contributed by atoms with Crippen LogP contribution in [0.4, 0.5) is 0 Å². The molecule has 1 rings (SSSR count). The minimum absolute atomic E-state index is 0.555. The second-order valence-corrected chi connectivity index (χ2v) is 5.51. The molecule has 0 aromatic heterocycles. The van der Waals surface area contributed by atoms with Crippen molar-refractivity contribution >= 4 is 0 Å². The lowest BCUT2D eigenvalue weighted by molar-refractivity contribution is 0.191. The van der Waals surface area contributed by atoms with Gasteiger partial charge in [-0.25, -0.2) is 0 Å². The summed E-state index contributed by atoms with van der Waals surface area (Å²) in [4.78, 5) is 0. The van der Waals surface area contributed by atoms with E-state index in [2.05, 4.69) is 49.5 Å². The molecule has 0 aliphatic rings. The van der Waals surface area contributed by atoms with E-state index in [-0.39, 0.29) is 0 Å². The molecule has 0 amide bonds. The minimum atomic E-state index is 0.555. The van der Waals surface area contributed by atoms with E-state index in [0.717, 1.165) is 13.2 Å². The third-order valence-corrected chi connectivity index (χ3v) is 3.44. The molecule has 0 fully saturated rings. The second-order valence-electron chi connectivity index (χ2n) is 5.51. The molecule has 2 nitrogen and oxygen atoms in total. The maximum Gasteiger partial charge on any atom is 0.0462 e. The van der Waals surface area contributed by atoms with Crippen molar-refractivity contribution in [3.63, 3.8) is 0 Å². The molecule has 1 atom stereocenters. The molecule has 19 heavy (non-hydrogen) atoms. The largest absolute Gasteiger partial charge is 0.385 e. The van der Waals surface area contributed by atoms with Crippen LogP contribution in [-0.4, -0.2) is 26.3 Å². The van der Waals surface area contributed by atoms with Gasteiger partial charge in [0, 0.05) is 26.3 Å². The summed E-state index contributed by atoms with van der Waals surface area (Å²) in [5.74, 6) is 0.631. The zero-order valence-corrected chi connectivity index (χ0v) is 12.7. The van der Waals surface area contributed by atoms with Crippen LogP contribution >= 0.6 is 0 Å². The molecular formula is C17H29NO. The van der Waals surface area contributed by atoms with Gasteiger partial charge in [-0.1, -0.05) is 57.0 Å². The Labute approximate surface area is 118 Å². The van der Waals surface area contributed by atoms with Crippen molar-refractivity contribution in [2.75, 3.05) is 20.3 Å². The van der Waals surface area contributed by atoms with Crippen LogP contribution in [0.5, 0.6) is 0 Å². The first-order valence-electron chi connectivity index (χ1n) is 7.51. The zero-order chi connectivity index (χ0) is 13.9. The topological polar surface area (TPSA) is 21.3 Å². The number of unbranched alkanes of at least 4 members (excludes halogenated alkanes) is 2. The van der Waals surface area contributed by atoms with Gasteiger partial charge in [0.15, 0.2) is 0 Å². The number of benzene rings is 1. The minimum Gasteiger partial charge on any atom is -0.385 e. The molecule has 0 bridgehead atoms. The Hall–Kier alpha value is -0.860. The van der Waals surface area contributed by atoms with Crippen LogP contribution < -0.4 is 5.32 Å². The van der Waals surface area contributed by atoms with Gasteiger partial charge in [-0.2, -0.15) is 0 Å². The van der Waals surface area contributed by atoms with Crippen LogP contribution in [0.1, 0.15) is 51.0 Å². The lowest BCUT2D eigenvalue weighted by Gasteiger charge is -2.19. The summed E-state index contributed by atoms with van der Waals surface area (Å²) in [5, 5.41) is 3.57. The van der Waals surface area contributed by atoms with E-state index < -0.39 is 0 Å². The molecule has 1 unspecified atom stereocenters. The molecular weight excluding hydrogens is 234 g/mol. The Kier molecular flexibility index (Phi) is 8.52. The molecule has 1 aromatic carbocycles. The van der Waals surface area contributed by atoms with Crippen LogP contribution in [0.25, 0.3) is 0 Å². The molecule has 1 N–H and O–H groups in total. The fourth-order valence-corrected chi connectivity index (χ4v) is 2.30. The molecule has 0 radical (unpaired) electrons. The summed E-state index contributed by atoms with van der Waals surface area (Å²) in [7, 11) is 1.78. The van der Waals surface area contributed by atoms with Gasteiger partial charge in [0.25, 0.3) is 0 Å². The Bertz CT molecular complexity index is 310. The Morgan fingerprint density at radius 2 is 1.79 bits per heavy atom. The van der Waals surface area contributed by atoms with E-state index in [0.29, 0.717) is 12.0 Å². The fourth-order valence-electron chi connectivity index (χ4n) is 2.30. The molecule has 2 heteroatoms. The second kappa shape index (κ2) is 9.99. The van der Waals surface area contributed by atoms with Gasteiger partial charge in [0.2, 0.25) is 0 Å². The van der Waals surface area contributed by atoms with E-state index in [1.807, 2.05) is 0 Å². The number of nitrogens with one attached hydrogen (secondary N) is 1. The van der Waals surface area contributed by atoms with Crippen LogP contribution in [-0.2, 0) is 4.74 Å². The maximum atomic E-state index is 5.10. The lowest BCUT2D eigenvalue weighted by Crippen LogP contribution is -2.28. The van der Waals surface area contributed by atoms with Gasteiger partial charge < -0.3 is 10.1 Å². The number of ether oxygens (including phenoxy) is 1. The molecule has 0 saturated heterocycles. The van der Waals surface area contributed by atoms with E-state index in [9.17, 15) is 0 Å². The molecule has 1 aromatic rings. The van der Waals surface area contributed by atoms with Crippen molar-refractivity contribution < 1.29 is 4.74 Å². The summed E-state index contributed by atoms with van der Waals surface area (Å²) in [5.41, 5.74) is 1.46. The molecule has 108 valence electrons. The summed E-state index contributed by atoms with van der Waals surface area (Å²) >= 11 is 0. The standard InChI is InChI=1S/C17H29NO/c1-15(2)18-14-17(12-8-5-9-13-19-3)16-10-6-4-7-11-16/h4,6-7,10-11,15,17-18H,5,8-9,12-14H2,1-3H3. The molecule has 0 saturated carbocycles. The number of methoxy groups -OCH3 is 1. The van der Waals surface area contributed by atoms with Gasteiger partial charge in [-0.15, -0.1) is 0 Å². The summed E-state index contributed by atoms with van der Waals surface area (Å²) < 4.78 is 5.10. The average molecular weight is 263 g/mol. The summed E-state index contributed by atoms with van der Waals surface area (Å²) in [6, 6.07) is 11.4. The van der Waals surface area contributed by atoms with Crippen molar-refractivity contribution in [2.24, 2.45) is 0 Å². The highest BCUT2D eigenvalue weighted by molar-refractivity contribution is 5.19. The quantitative estimate of drug-likeness (QED) is 0.645. The third kappa shape index (κ3) is 7.34. The first kappa shape index (κ1) is 16.2. The highest BCUT2D eigenvalue weighted by Crippen LogP contribution is 2.21. The Morgan fingerprint density at radius 1 is 1.05 bits per heavy atom. The number of hydrogen-bond donors (Lipinski definition) is 1. The molecule has 0 aliphatic carbocycles. The van der Waals surface area contributed by atoms with Crippen LogP contribution in [0, 0.1) is 0 Å². The van der Waals surface area contributed by atoms with Crippen molar-refractivity contribution in [1.82, 2.24) is 5.32 Å². The van der Waals surface area contributed by atoms with E-state index >= 15 is 0 Å². The summed E-state index contributed by atoms with van der Waals surface area (Å²) in [6.45, 7) is 6.38. The van der Waals surface area contributed by atoms with Crippen molar-refractivity contribution in [1.29, 1.82) is 0 Å². The van der Waals surface area contributed by atoms with Crippen molar-refractivity contribution in [3.05, 3.63) is 35.9 Å². The van der Waals surface area contributed by atoms with Gasteiger partial charge in [0.1, 0.15) is 0 Å². The first-order chi connectivity index (χ1) is 9.24. The number of rotatable bonds is 10. The fraction of sp³-hybridized carbons (Fsp3) is 0.647. The smallest absolute Gasteiger partial charge is 0.0462 e. The normalized spacial score (nSPS) is 12.8. The predicted octanol–water partition coefficient (Wildman–Crippen LogP) is 3.98. The van der Waals surface area contributed by atoms with Gasteiger partial charge >= 0.3 is 0 Å². The van der Waals surface area contributed by atoms with Gasteiger partial charge in [-0.05, 0) is 24.3 Å². The van der Waals surface area contributed by atoms with E-state index in [1.165, 1.54) is 31.2 Å². The van der Waals surface area contributed by atoms with E-state index in [4.69, 9.17) is 4.74 Å². The van der Waals surface area contributed by atoms with Crippen LogP contribution in [0.3, 0.4) is 0 Å². The molecule has 0 heterocycles. The van der Waals surface area contributed by atoms with Crippen LogP contribution in [0.15, 0.2) is 30.3 Å². The monoisotopic (exact) mass is 263 g/mol. The SMILES string of the molecule is COCCCCCC(CNC(C)C)c1ccccc1. The predicted molar refractivity (Wildman–Crippen MR) is 82.7 cm³/mol. The third-order valence-electron chi connectivity index (χ3n) is 3.44. The summed E-state index contributed by atoms with van der Waals surface area (Å²) in [6.07, 6.45) is 4.98. The maximum absolute atomic E-state index is 5.10. The van der Waals surface area contributed by atoms with E-state index in [1.54, 1.807) is 7.11 Å². The Morgan fingerprint density at radius 3 is 2.42 bits per heavy atom. The van der Waals surface area contributed by atoms with Crippen molar-refractivity contribution in [2.45, 2.75) is 51.5 Å². The van der Waals surface area contributed by atoms with Crippen molar-refractivity contribution in [3.8, 4) is 0 Å². The zero-order valence-electron chi connectivity index (χ0n) is 12.7.